The second kappa shape index (κ2) is 5.57. The third-order valence-corrected chi connectivity index (χ3v) is 4.47. The Labute approximate surface area is 129 Å². The molecule has 1 fully saturated rings. The number of hydrogen-bond acceptors (Lipinski definition) is 3. The number of nitrogens with zero attached hydrogens (tertiary/aromatic N) is 3. The number of carbonyl (C=O) groups excluding carboxylic acids is 1. The van der Waals surface area contributed by atoms with Crippen LogP contribution in [0.5, 0.6) is 0 Å². The molecule has 0 saturated carbocycles. The number of aryl methyl sites for hydroxylation is 1. The number of hydrogen-bond donors (Lipinski definition) is 1. The van der Waals surface area contributed by atoms with Crippen molar-refractivity contribution in [1.29, 1.82) is 0 Å². The standard InChI is InChI=1S/C17H20N4O/c22-17-4-2-10-20(17)14-5-7-15(8-6-14)21-12-13-3-1-9-18-11-16(13)19-21/h5-8,12,18H,1-4,9-11H2. The molecule has 1 N–H and O–H groups in total. The van der Waals surface area contributed by atoms with E-state index in [1.165, 1.54) is 5.56 Å². The lowest BCUT2D eigenvalue weighted by Gasteiger charge is -2.15. The van der Waals surface area contributed by atoms with Gasteiger partial charge in [-0.1, -0.05) is 0 Å². The minimum absolute atomic E-state index is 0.227. The average molecular weight is 296 g/mol. The van der Waals surface area contributed by atoms with Crippen molar-refractivity contribution in [2.45, 2.75) is 32.2 Å². The topological polar surface area (TPSA) is 50.2 Å². The van der Waals surface area contributed by atoms with Gasteiger partial charge in [0, 0.05) is 31.4 Å². The van der Waals surface area contributed by atoms with E-state index in [0.29, 0.717) is 6.42 Å². The lowest BCUT2D eigenvalue weighted by molar-refractivity contribution is -0.117. The summed E-state index contributed by atoms with van der Waals surface area (Å²) in [6.07, 6.45) is 6.01. The second-order valence-electron chi connectivity index (χ2n) is 5.99. The van der Waals surface area contributed by atoms with Crippen molar-refractivity contribution in [2.24, 2.45) is 0 Å². The molecule has 0 aliphatic carbocycles. The highest BCUT2D eigenvalue weighted by Gasteiger charge is 2.21. The van der Waals surface area contributed by atoms with Gasteiger partial charge in [0.15, 0.2) is 0 Å². The highest BCUT2D eigenvalue weighted by atomic mass is 16.2. The molecule has 1 aromatic heterocycles. The van der Waals surface area contributed by atoms with Crippen LogP contribution in [0, 0.1) is 0 Å². The predicted octanol–water partition coefficient (Wildman–Crippen LogP) is 2.03. The first-order valence-corrected chi connectivity index (χ1v) is 8.00. The molecule has 1 saturated heterocycles. The van der Waals surface area contributed by atoms with Crippen LogP contribution in [0.3, 0.4) is 0 Å². The summed E-state index contributed by atoms with van der Waals surface area (Å²) in [6.45, 7) is 2.75. The molecule has 2 aliphatic heterocycles. The van der Waals surface area contributed by atoms with Crippen molar-refractivity contribution in [3.63, 3.8) is 0 Å². The first-order chi connectivity index (χ1) is 10.8. The quantitative estimate of drug-likeness (QED) is 0.922. The number of aromatic nitrogens is 2. The Morgan fingerprint density at radius 3 is 2.64 bits per heavy atom. The molecule has 1 aromatic carbocycles. The van der Waals surface area contributed by atoms with Crippen LogP contribution >= 0.6 is 0 Å². The Hall–Kier alpha value is -2.14. The molecule has 1 amide bonds. The van der Waals surface area contributed by atoms with E-state index in [9.17, 15) is 4.79 Å². The highest BCUT2D eigenvalue weighted by Crippen LogP contribution is 2.23. The van der Waals surface area contributed by atoms with Crippen molar-refractivity contribution in [3.05, 3.63) is 41.7 Å². The van der Waals surface area contributed by atoms with Gasteiger partial charge < -0.3 is 10.2 Å². The van der Waals surface area contributed by atoms with Crippen molar-refractivity contribution in [2.75, 3.05) is 18.0 Å². The molecule has 2 aromatic rings. The highest BCUT2D eigenvalue weighted by molar-refractivity contribution is 5.95. The van der Waals surface area contributed by atoms with Gasteiger partial charge in [-0.05, 0) is 55.6 Å². The van der Waals surface area contributed by atoms with Gasteiger partial charge in [0.1, 0.15) is 0 Å². The number of rotatable bonds is 2. The normalized spacial score (nSPS) is 18.4. The SMILES string of the molecule is O=C1CCCN1c1ccc(-n2cc3c(n2)CNCCC3)cc1. The first kappa shape index (κ1) is 13.5. The molecule has 114 valence electrons. The van der Waals surface area contributed by atoms with E-state index in [2.05, 4.69) is 11.5 Å². The van der Waals surface area contributed by atoms with Crippen LogP contribution < -0.4 is 10.2 Å². The fourth-order valence-electron chi connectivity index (χ4n) is 3.25. The van der Waals surface area contributed by atoms with E-state index in [-0.39, 0.29) is 5.91 Å². The summed E-state index contributed by atoms with van der Waals surface area (Å²) in [5.74, 6) is 0.227. The van der Waals surface area contributed by atoms with Gasteiger partial charge in [-0.25, -0.2) is 4.68 Å². The van der Waals surface area contributed by atoms with Crippen molar-refractivity contribution < 1.29 is 4.79 Å². The largest absolute Gasteiger partial charge is 0.312 e. The van der Waals surface area contributed by atoms with Gasteiger partial charge in [-0.15, -0.1) is 0 Å². The zero-order valence-corrected chi connectivity index (χ0v) is 12.6. The van der Waals surface area contributed by atoms with Crippen LogP contribution in [0.2, 0.25) is 0 Å². The summed E-state index contributed by atoms with van der Waals surface area (Å²) in [6, 6.07) is 8.12. The van der Waals surface area contributed by atoms with E-state index in [1.54, 1.807) is 0 Å². The fraction of sp³-hybridized carbons (Fsp3) is 0.412. The lowest BCUT2D eigenvalue weighted by Crippen LogP contribution is -2.23. The summed E-state index contributed by atoms with van der Waals surface area (Å²) in [5.41, 5.74) is 4.52. The molecule has 0 radical (unpaired) electrons. The van der Waals surface area contributed by atoms with Gasteiger partial charge in [-0.2, -0.15) is 5.10 Å². The Balaban J connectivity index is 1.59. The van der Waals surface area contributed by atoms with E-state index in [0.717, 1.165) is 56.0 Å². The Bertz CT molecular complexity index is 666. The number of nitrogens with one attached hydrogen (secondary N) is 1. The molecular formula is C17H20N4O. The van der Waals surface area contributed by atoms with Gasteiger partial charge in [0.2, 0.25) is 5.91 Å². The number of fused-ring (bicyclic) bond motifs is 1. The van der Waals surface area contributed by atoms with E-state index in [4.69, 9.17) is 5.10 Å². The van der Waals surface area contributed by atoms with Gasteiger partial charge >= 0.3 is 0 Å². The van der Waals surface area contributed by atoms with Gasteiger partial charge in [0.25, 0.3) is 0 Å². The fourth-order valence-corrected chi connectivity index (χ4v) is 3.25. The smallest absolute Gasteiger partial charge is 0.227 e. The summed E-state index contributed by atoms with van der Waals surface area (Å²) in [7, 11) is 0. The van der Waals surface area contributed by atoms with E-state index in [1.807, 2.05) is 33.8 Å². The maximum absolute atomic E-state index is 11.8. The summed E-state index contributed by atoms with van der Waals surface area (Å²) >= 11 is 0. The van der Waals surface area contributed by atoms with E-state index >= 15 is 0 Å². The Kier molecular flexibility index (Phi) is 3.42. The number of benzene rings is 1. The number of carbonyl (C=O) groups is 1. The maximum atomic E-state index is 11.8. The zero-order valence-electron chi connectivity index (χ0n) is 12.6. The molecule has 0 bridgehead atoms. The first-order valence-electron chi connectivity index (χ1n) is 8.00. The molecule has 2 aliphatic rings. The molecule has 0 atom stereocenters. The molecular weight excluding hydrogens is 276 g/mol. The monoisotopic (exact) mass is 296 g/mol. The van der Waals surface area contributed by atoms with Crippen LogP contribution in [-0.2, 0) is 17.8 Å². The van der Waals surface area contributed by atoms with Crippen LogP contribution in [-0.4, -0.2) is 28.8 Å². The van der Waals surface area contributed by atoms with E-state index < -0.39 is 0 Å². The molecule has 22 heavy (non-hydrogen) atoms. The molecule has 5 nitrogen and oxygen atoms in total. The third kappa shape index (κ3) is 2.41. The summed E-state index contributed by atoms with van der Waals surface area (Å²) in [5, 5.41) is 8.10. The third-order valence-electron chi connectivity index (χ3n) is 4.47. The van der Waals surface area contributed by atoms with Gasteiger partial charge in [0.05, 0.1) is 11.4 Å². The molecule has 5 heteroatoms. The zero-order chi connectivity index (χ0) is 14.9. The lowest BCUT2D eigenvalue weighted by atomic mass is 10.1. The number of anilines is 1. The Morgan fingerprint density at radius 1 is 1.05 bits per heavy atom. The molecule has 0 unspecified atom stereocenters. The summed E-state index contributed by atoms with van der Waals surface area (Å²) in [4.78, 5) is 13.7. The predicted molar refractivity (Wildman–Crippen MR) is 85.2 cm³/mol. The second-order valence-corrected chi connectivity index (χ2v) is 5.99. The van der Waals surface area contributed by atoms with Crippen LogP contribution in [0.4, 0.5) is 5.69 Å². The van der Waals surface area contributed by atoms with Crippen LogP contribution in [0.1, 0.15) is 30.5 Å². The van der Waals surface area contributed by atoms with Crippen molar-refractivity contribution in [3.8, 4) is 5.69 Å². The van der Waals surface area contributed by atoms with Crippen LogP contribution in [0.15, 0.2) is 30.5 Å². The molecule has 3 heterocycles. The van der Waals surface area contributed by atoms with Crippen molar-refractivity contribution >= 4 is 11.6 Å². The van der Waals surface area contributed by atoms with Crippen molar-refractivity contribution in [1.82, 2.24) is 15.1 Å². The van der Waals surface area contributed by atoms with Gasteiger partial charge in [-0.3, -0.25) is 4.79 Å². The Morgan fingerprint density at radius 2 is 1.86 bits per heavy atom. The minimum Gasteiger partial charge on any atom is -0.312 e. The minimum atomic E-state index is 0.227. The number of amides is 1. The molecule has 4 rings (SSSR count). The van der Waals surface area contributed by atoms with Crippen LogP contribution in [0.25, 0.3) is 5.69 Å². The maximum Gasteiger partial charge on any atom is 0.227 e. The average Bonchev–Trinajstić information content (AvgIpc) is 3.08. The summed E-state index contributed by atoms with van der Waals surface area (Å²) < 4.78 is 1.95. The molecule has 0 spiro atoms.